The van der Waals surface area contributed by atoms with Crippen molar-refractivity contribution in [1.29, 1.82) is 0 Å². The van der Waals surface area contributed by atoms with Crippen molar-refractivity contribution in [3.05, 3.63) is 0 Å². The van der Waals surface area contributed by atoms with Crippen LogP contribution in [-0.4, -0.2) is 11.5 Å². The molecule has 0 saturated heterocycles. The van der Waals surface area contributed by atoms with Gasteiger partial charge in [-0.2, -0.15) is 0 Å². The Morgan fingerprint density at radius 2 is 1.69 bits per heavy atom. The second-order valence-electron chi connectivity index (χ2n) is 4.57. The minimum absolute atomic E-state index is 0.0869. The summed E-state index contributed by atoms with van der Waals surface area (Å²) in [5.41, 5.74) is -1.70. The molecule has 1 atom stereocenters. The third kappa shape index (κ3) is 3.45. The number of alkyl halides is 1. The number of rotatable bonds is 5. The summed E-state index contributed by atoms with van der Waals surface area (Å²) in [6.45, 7) is 9.10. The summed E-state index contributed by atoms with van der Waals surface area (Å²) in [7, 11) is 0. The first-order chi connectivity index (χ1) is 5.77. The molecule has 13 heavy (non-hydrogen) atoms. The van der Waals surface area contributed by atoms with Gasteiger partial charge in [0.2, 0.25) is 0 Å². The van der Waals surface area contributed by atoms with Gasteiger partial charge in [-0.3, -0.25) is 4.79 Å². The van der Waals surface area contributed by atoms with Crippen LogP contribution in [0.2, 0.25) is 0 Å². The predicted octanol–water partition coefficient (Wildman–Crippen LogP) is 3.52. The summed E-state index contributed by atoms with van der Waals surface area (Å²) in [4.78, 5) is 11.1. The molecule has 78 valence electrons. The van der Waals surface area contributed by atoms with E-state index in [1.165, 1.54) is 6.92 Å². The largest absolute Gasteiger partial charge is 0.296 e. The molecule has 0 N–H and O–H groups in total. The first-order valence-electron chi connectivity index (χ1n) is 4.97. The Balaban J connectivity index is 4.54. The van der Waals surface area contributed by atoms with Gasteiger partial charge in [-0.05, 0) is 25.2 Å². The number of carbonyl (C=O) groups is 1. The number of Topliss-reactive ketones (excluding diaryl/α,β-unsaturated/α-hetero) is 1. The van der Waals surface area contributed by atoms with Crippen molar-refractivity contribution in [3.63, 3.8) is 0 Å². The summed E-state index contributed by atoms with van der Waals surface area (Å²) >= 11 is 0. The summed E-state index contributed by atoms with van der Waals surface area (Å²) in [6, 6.07) is 0. The van der Waals surface area contributed by atoms with Gasteiger partial charge in [-0.25, -0.2) is 4.39 Å². The van der Waals surface area contributed by atoms with Crippen LogP contribution in [0.4, 0.5) is 4.39 Å². The molecule has 0 radical (unpaired) electrons. The van der Waals surface area contributed by atoms with Crippen LogP contribution >= 0.6 is 0 Å². The molecular weight excluding hydrogens is 167 g/mol. The first kappa shape index (κ1) is 12.6. The van der Waals surface area contributed by atoms with Crippen LogP contribution < -0.4 is 0 Å². The Morgan fingerprint density at radius 3 is 1.92 bits per heavy atom. The van der Waals surface area contributed by atoms with E-state index >= 15 is 0 Å². The predicted molar refractivity (Wildman–Crippen MR) is 53.5 cm³/mol. The zero-order valence-electron chi connectivity index (χ0n) is 9.41. The monoisotopic (exact) mass is 188 g/mol. The van der Waals surface area contributed by atoms with Gasteiger partial charge in [0.05, 0.1) is 0 Å². The molecule has 1 nitrogen and oxygen atoms in total. The summed E-state index contributed by atoms with van der Waals surface area (Å²) < 4.78 is 14.0. The van der Waals surface area contributed by atoms with Crippen molar-refractivity contribution < 1.29 is 9.18 Å². The van der Waals surface area contributed by atoms with Crippen LogP contribution in [0, 0.1) is 5.41 Å². The highest BCUT2D eigenvalue weighted by Crippen LogP contribution is 2.35. The molecule has 0 heterocycles. The lowest BCUT2D eigenvalue weighted by Crippen LogP contribution is -2.36. The molecule has 0 spiro atoms. The van der Waals surface area contributed by atoms with Gasteiger partial charge in [0.15, 0.2) is 11.5 Å². The maximum atomic E-state index is 14.0. The molecule has 0 aromatic rings. The van der Waals surface area contributed by atoms with E-state index in [1.807, 2.05) is 20.8 Å². The van der Waals surface area contributed by atoms with E-state index in [1.54, 1.807) is 6.92 Å². The molecule has 0 aliphatic heterocycles. The molecule has 0 unspecified atom stereocenters. The minimum Gasteiger partial charge on any atom is -0.296 e. The average molecular weight is 188 g/mol. The standard InChI is InChI=1S/C11H21FO/c1-6-10(4,5)8-11(12,7-2)9(3)13/h6-8H2,1-5H3/t11-/m1/s1. The van der Waals surface area contributed by atoms with E-state index < -0.39 is 5.67 Å². The Bertz CT molecular complexity index is 187. The lowest BCUT2D eigenvalue weighted by atomic mass is 9.77. The summed E-state index contributed by atoms with van der Waals surface area (Å²) in [5, 5.41) is 0. The van der Waals surface area contributed by atoms with Gasteiger partial charge in [0.25, 0.3) is 0 Å². The Labute approximate surface area is 80.7 Å². The fraction of sp³-hybridized carbons (Fsp3) is 0.909. The molecule has 0 bridgehead atoms. The number of carbonyl (C=O) groups excluding carboxylic acids is 1. The number of halogens is 1. The maximum absolute atomic E-state index is 14.0. The zero-order chi connectivity index (χ0) is 10.7. The topological polar surface area (TPSA) is 17.1 Å². The normalized spacial score (nSPS) is 16.8. The van der Waals surface area contributed by atoms with Crippen LogP contribution in [0.5, 0.6) is 0 Å². The van der Waals surface area contributed by atoms with E-state index in [4.69, 9.17) is 0 Å². The van der Waals surface area contributed by atoms with Gasteiger partial charge in [0, 0.05) is 0 Å². The smallest absolute Gasteiger partial charge is 0.168 e. The highest BCUT2D eigenvalue weighted by molar-refractivity contribution is 5.84. The second kappa shape index (κ2) is 4.21. The number of hydrogen-bond donors (Lipinski definition) is 0. The van der Waals surface area contributed by atoms with Crippen molar-refractivity contribution in [3.8, 4) is 0 Å². The fourth-order valence-corrected chi connectivity index (χ4v) is 1.38. The van der Waals surface area contributed by atoms with Crippen molar-refractivity contribution in [1.82, 2.24) is 0 Å². The van der Waals surface area contributed by atoms with Crippen molar-refractivity contribution in [2.24, 2.45) is 5.41 Å². The van der Waals surface area contributed by atoms with E-state index in [0.29, 0.717) is 6.42 Å². The quantitative estimate of drug-likeness (QED) is 0.645. The Hall–Kier alpha value is -0.400. The molecule has 0 aliphatic rings. The number of hydrogen-bond acceptors (Lipinski definition) is 1. The molecule has 0 fully saturated rings. The van der Waals surface area contributed by atoms with Gasteiger partial charge in [0.1, 0.15) is 0 Å². The van der Waals surface area contributed by atoms with Crippen LogP contribution in [-0.2, 0) is 4.79 Å². The second-order valence-corrected chi connectivity index (χ2v) is 4.57. The third-order valence-corrected chi connectivity index (χ3v) is 2.91. The van der Waals surface area contributed by atoms with Crippen LogP contribution in [0.3, 0.4) is 0 Å². The molecule has 0 amide bonds. The number of ketones is 1. The van der Waals surface area contributed by atoms with E-state index in [9.17, 15) is 9.18 Å². The lowest BCUT2D eigenvalue weighted by Gasteiger charge is -2.31. The van der Waals surface area contributed by atoms with Gasteiger partial charge >= 0.3 is 0 Å². The molecule has 0 aromatic carbocycles. The maximum Gasteiger partial charge on any atom is 0.168 e. The van der Waals surface area contributed by atoms with Crippen molar-refractivity contribution >= 4 is 5.78 Å². The Morgan fingerprint density at radius 1 is 1.23 bits per heavy atom. The van der Waals surface area contributed by atoms with Crippen molar-refractivity contribution in [2.45, 2.75) is 59.5 Å². The SMILES string of the molecule is CCC(C)(C)C[C@](F)(CC)C(C)=O. The van der Waals surface area contributed by atoms with Crippen LogP contribution in [0.25, 0.3) is 0 Å². The van der Waals surface area contributed by atoms with E-state index in [-0.39, 0.29) is 17.6 Å². The van der Waals surface area contributed by atoms with Gasteiger partial charge in [-0.15, -0.1) is 0 Å². The minimum atomic E-state index is -1.61. The van der Waals surface area contributed by atoms with Crippen molar-refractivity contribution in [2.75, 3.05) is 0 Å². The molecule has 0 rings (SSSR count). The van der Waals surface area contributed by atoms with Crippen LogP contribution in [0.1, 0.15) is 53.9 Å². The fourth-order valence-electron chi connectivity index (χ4n) is 1.38. The highest BCUT2D eigenvalue weighted by Gasteiger charge is 2.38. The highest BCUT2D eigenvalue weighted by atomic mass is 19.1. The molecular formula is C11H21FO. The molecule has 0 saturated carbocycles. The third-order valence-electron chi connectivity index (χ3n) is 2.91. The first-order valence-corrected chi connectivity index (χ1v) is 4.97. The zero-order valence-corrected chi connectivity index (χ0v) is 9.41. The summed E-state index contributed by atoms with van der Waals surface area (Å²) in [5.74, 6) is -0.337. The van der Waals surface area contributed by atoms with Gasteiger partial charge in [-0.1, -0.05) is 34.1 Å². The Kier molecular flexibility index (Phi) is 4.08. The van der Waals surface area contributed by atoms with Gasteiger partial charge < -0.3 is 0 Å². The van der Waals surface area contributed by atoms with E-state index in [0.717, 1.165) is 6.42 Å². The average Bonchev–Trinajstić information content (AvgIpc) is 2.03. The molecule has 0 aromatic heterocycles. The lowest BCUT2D eigenvalue weighted by molar-refractivity contribution is -0.130. The molecule has 0 aliphatic carbocycles. The summed E-state index contributed by atoms with van der Waals surface area (Å²) in [6.07, 6.45) is 1.51. The molecule has 2 heteroatoms. The van der Waals surface area contributed by atoms with Crippen LogP contribution in [0.15, 0.2) is 0 Å². The van der Waals surface area contributed by atoms with E-state index in [2.05, 4.69) is 0 Å².